The van der Waals surface area contributed by atoms with Crippen LogP contribution in [-0.2, 0) is 0 Å². The van der Waals surface area contributed by atoms with E-state index in [9.17, 15) is 9.90 Å². The first-order valence-corrected chi connectivity index (χ1v) is 8.28. The highest BCUT2D eigenvalue weighted by molar-refractivity contribution is 5.73. The summed E-state index contributed by atoms with van der Waals surface area (Å²) in [5.74, 6) is 0.820. The number of nitrogens with zero attached hydrogens (tertiary/aromatic N) is 1. The second-order valence-electron chi connectivity index (χ2n) is 6.56. The second kappa shape index (κ2) is 8.18. The monoisotopic (exact) mass is 304 g/mol. The van der Waals surface area contributed by atoms with Gasteiger partial charge in [-0.1, -0.05) is 36.8 Å². The lowest BCUT2D eigenvalue weighted by Crippen LogP contribution is -2.42. The van der Waals surface area contributed by atoms with Crippen molar-refractivity contribution < 1.29 is 9.90 Å². The quantitative estimate of drug-likeness (QED) is 0.813. The summed E-state index contributed by atoms with van der Waals surface area (Å²) in [4.78, 5) is 14.0. The van der Waals surface area contributed by atoms with Crippen LogP contribution in [-0.4, -0.2) is 42.3 Å². The van der Waals surface area contributed by atoms with E-state index in [1.807, 2.05) is 25.2 Å². The molecule has 1 aromatic carbocycles. The van der Waals surface area contributed by atoms with Crippen molar-refractivity contribution in [1.82, 2.24) is 10.2 Å². The number of aliphatic hydroxyl groups excluding tert-OH is 1. The van der Waals surface area contributed by atoms with Crippen LogP contribution in [0, 0.1) is 5.92 Å². The van der Waals surface area contributed by atoms with Gasteiger partial charge >= 0.3 is 6.03 Å². The Balaban J connectivity index is 1.85. The average Bonchev–Trinajstić information content (AvgIpc) is 2.47. The van der Waals surface area contributed by atoms with Gasteiger partial charge in [0.2, 0.25) is 0 Å². The molecule has 1 fully saturated rings. The van der Waals surface area contributed by atoms with Crippen molar-refractivity contribution >= 4 is 6.03 Å². The van der Waals surface area contributed by atoms with Crippen molar-refractivity contribution in [1.29, 1.82) is 0 Å². The summed E-state index contributed by atoms with van der Waals surface area (Å²) < 4.78 is 0. The Hall–Kier alpha value is -1.55. The lowest BCUT2D eigenvalue weighted by Gasteiger charge is -2.30. The summed E-state index contributed by atoms with van der Waals surface area (Å²) in [6.07, 6.45) is 4.05. The van der Waals surface area contributed by atoms with E-state index in [-0.39, 0.29) is 18.1 Å². The van der Waals surface area contributed by atoms with Crippen molar-refractivity contribution in [2.75, 3.05) is 20.1 Å². The van der Waals surface area contributed by atoms with Crippen LogP contribution in [0.25, 0.3) is 0 Å². The van der Waals surface area contributed by atoms with Crippen LogP contribution in [0.1, 0.15) is 44.1 Å². The van der Waals surface area contributed by atoms with Gasteiger partial charge in [-0.2, -0.15) is 0 Å². The molecule has 22 heavy (non-hydrogen) atoms. The highest BCUT2D eigenvalue weighted by atomic mass is 16.3. The van der Waals surface area contributed by atoms with Gasteiger partial charge in [-0.05, 0) is 37.7 Å². The number of urea groups is 1. The smallest absolute Gasteiger partial charge is 0.317 e. The maximum absolute atomic E-state index is 12.2. The molecular weight excluding hydrogens is 276 g/mol. The summed E-state index contributed by atoms with van der Waals surface area (Å²) in [6, 6.07) is 10.1. The Morgan fingerprint density at radius 2 is 2.05 bits per heavy atom. The van der Waals surface area contributed by atoms with Crippen molar-refractivity contribution in [2.45, 2.75) is 44.6 Å². The minimum atomic E-state index is -0.380. The van der Waals surface area contributed by atoms with Gasteiger partial charge in [0.15, 0.2) is 0 Å². The second-order valence-corrected chi connectivity index (χ2v) is 6.56. The minimum Gasteiger partial charge on any atom is -0.393 e. The van der Waals surface area contributed by atoms with E-state index in [0.29, 0.717) is 18.9 Å². The van der Waals surface area contributed by atoms with E-state index in [1.165, 1.54) is 19.3 Å². The van der Waals surface area contributed by atoms with E-state index < -0.39 is 0 Å². The number of aliphatic hydroxyl groups is 1. The SMILES string of the molecule is CC(O)CC(CNC(=O)N(C)CC1CCC1)c1ccccc1. The van der Waals surface area contributed by atoms with Crippen LogP contribution in [0.4, 0.5) is 4.79 Å². The molecule has 0 heterocycles. The molecule has 2 amide bonds. The number of benzene rings is 1. The molecule has 4 nitrogen and oxygen atoms in total. The van der Waals surface area contributed by atoms with E-state index in [4.69, 9.17) is 0 Å². The molecule has 0 saturated heterocycles. The van der Waals surface area contributed by atoms with E-state index in [1.54, 1.807) is 11.8 Å². The summed E-state index contributed by atoms with van der Waals surface area (Å²) in [7, 11) is 1.86. The largest absolute Gasteiger partial charge is 0.393 e. The third kappa shape index (κ3) is 5.02. The number of nitrogens with one attached hydrogen (secondary N) is 1. The van der Waals surface area contributed by atoms with Crippen LogP contribution in [0.3, 0.4) is 0 Å². The van der Waals surface area contributed by atoms with Crippen LogP contribution >= 0.6 is 0 Å². The van der Waals surface area contributed by atoms with Gasteiger partial charge < -0.3 is 15.3 Å². The van der Waals surface area contributed by atoms with Crippen molar-refractivity contribution in [2.24, 2.45) is 5.92 Å². The fraction of sp³-hybridized carbons (Fsp3) is 0.611. The van der Waals surface area contributed by atoms with Crippen LogP contribution in [0.5, 0.6) is 0 Å². The molecule has 1 aromatic rings. The normalized spacial score (nSPS) is 17.4. The number of carbonyl (C=O) groups excluding carboxylic acids is 1. The average molecular weight is 304 g/mol. The van der Waals surface area contributed by atoms with Gasteiger partial charge in [-0.3, -0.25) is 0 Å². The molecule has 1 aliphatic rings. The Morgan fingerprint density at radius 1 is 1.36 bits per heavy atom. The molecule has 0 aliphatic heterocycles. The molecule has 1 aliphatic carbocycles. The zero-order valence-electron chi connectivity index (χ0n) is 13.7. The number of amides is 2. The highest BCUT2D eigenvalue weighted by Gasteiger charge is 2.22. The minimum absolute atomic E-state index is 0.0153. The fourth-order valence-electron chi connectivity index (χ4n) is 2.97. The molecule has 1 saturated carbocycles. The van der Waals surface area contributed by atoms with Gasteiger partial charge in [-0.15, -0.1) is 0 Å². The Labute approximate surface area is 133 Å². The molecule has 2 atom stereocenters. The maximum atomic E-state index is 12.2. The lowest BCUT2D eigenvalue weighted by molar-refractivity contribution is 0.168. The van der Waals surface area contributed by atoms with Crippen LogP contribution in [0.15, 0.2) is 30.3 Å². The molecule has 0 spiro atoms. The molecule has 4 heteroatoms. The van der Waals surface area contributed by atoms with E-state index in [2.05, 4.69) is 17.4 Å². The zero-order valence-corrected chi connectivity index (χ0v) is 13.7. The molecule has 2 rings (SSSR count). The predicted octanol–water partition coefficient (Wildman–Crippen LogP) is 2.98. The summed E-state index contributed by atoms with van der Waals surface area (Å²) in [6.45, 7) is 3.20. The lowest BCUT2D eigenvalue weighted by atomic mass is 9.85. The van der Waals surface area contributed by atoms with Crippen molar-refractivity contribution in [3.63, 3.8) is 0 Å². The standard InChI is InChI=1S/C18H28N2O2/c1-14(21)11-17(16-9-4-3-5-10-16)12-19-18(22)20(2)13-15-7-6-8-15/h3-5,9-10,14-15,17,21H,6-8,11-13H2,1-2H3,(H,19,22). The molecule has 2 N–H and O–H groups in total. The van der Waals surface area contributed by atoms with Crippen molar-refractivity contribution in [3.8, 4) is 0 Å². The molecule has 2 unspecified atom stereocenters. The third-order valence-electron chi connectivity index (χ3n) is 4.50. The first-order chi connectivity index (χ1) is 10.6. The van der Waals surface area contributed by atoms with Crippen LogP contribution in [0.2, 0.25) is 0 Å². The van der Waals surface area contributed by atoms with Crippen molar-refractivity contribution in [3.05, 3.63) is 35.9 Å². The molecule has 0 aromatic heterocycles. The van der Waals surface area contributed by atoms with Gasteiger partial charge in [0.1, 0.15) is 0 Å². The predicted molar refractivity (Wildman–Crippen MR) is 88.9 cm³/mol. The molecule has 0 radical (unpaired) electrons. The van der Waals surface area contributed by atoms with Gasteiger partial charge in [-0.25, -0.2) is 4.79 Å². The highest BCUT2D eigenvalue weighted by Crippen LogP contribution is 2.26. The maximum Gasteiger partial charge on any atom is 0.317 e. The summed E-state index contributed by atoms with van der Waals surface area (Å²) >= 11 is 0. The van der Waals surface area contributed by atoms with E-state index in [0.717, 1.165) is 12.1 Å². The summed E-state index contributed by atoms with van der Waals surface area (Å²) in [5.41, 5.74) is 1.16. The first-order valence-electron chi connectivity index (χ1n) is 8.28. The molecule has 0 bridgehead atoms. The van der Waals surface area contributed by atoms with Gasteiger partial charge in [0.05, 0.1) is 6.10 Å². The molecular formula is C18H28N2O2. The van der Waals surface area contributed by atoms with Gasteiger partial charge in [0, 0.05) is 26.1 Å². The first kappa shape index (κ1) is 16.8. The van der Waals surface area contributed by atoms with Gasteiger partial charge in [0.25, 0.3) is 0 Å². The number of carbonyl (C=O) groups is 1. The third-order valence-corrected chi connectivity index (χ3v) is 4.50. The van der Waals surface area contributed by atoms with Crippen LogP contribution < -0.4 is 5.32 Å². The Bertz CT molecular complexity index is 457. The zero-order chi connectivity index (χ0) is 15.9. The Kier molecular flexibility index (Phi) is 6.25. The van der Waals surface area contributed by atoms with E-state index >= 15 is 0 Å². The number of rotatable bonds is 7. The number of hydrogen-bond donors (Lipinski definition) is 2. The Morgan fingerprint density at radius 3 is 2.59 bits per heavy atom. The number of hydrogen-bond acceptors (Lipinski definition) is 2. The fourth-order valence-corrected chi connectivity index (χ4v) is 2.97. The summed E-state index contributed by atoms with van der Waals surface area (Å²) in [5, 5.41) is 12.7. The topological polar surface area (TPSA) is 52.6 Å². The molecule has 122 valence electrons.